The Morgan fingerprint density at radius 3 is 2.45 bits per heavy atom. The number of ether oxygens (including phenoxy) is 1. The quantitative estimate of drug-likeness (QED) is 0.822. The fraction of sp³-hybridized carbons (Fsp3) is 0.706. The largest absolute Gasteiger partial charge is 0.489 e. The van der Waals surface area contributed by atoms with E-state index in [-0.39, 0.29) is 6.10 Å². The molecule has 20 heavy (non-hydrogen) atoms. The van der Waals surface area contributed by atoms with Crippen LogP contribution in [0.2, 0.25) is 0 Å². The van der Waals surface area contributed by atoms with Gasteiger partial charge in [0.15, 0.2) is 0 Å². The lowest BCUT2D eigenvalue weighted by Gasteiger charge is -2.26. The summed E-state index contributed by atoms with van der Waals surface area (Å²) in [4.78, 5) is 4.36. The lowest BCUT2D eigenvalue weighted by atomic mass is 9.88. The summed E-state index contributed by atoms with van der Waals surface area (Å²) in [6, 6.07) is 2.55. The predicted octanol–water partition coefficient (Wildman–Crippen LogP) is 4.10. The Labute approximate surface area is 123 Å². The van der Waals surface area contributed by atoms with Gasteiger partial charge in [0.25, 0.3) is 0 Å². The standard InChI is InChI=1S/C17H28N2O/c1-13(2)20-16-10-15(11-19-12-16)17(18-3)14-8-6-4-5-7-9-14/h10-14,17-18H,4-9H2,1-3H3. The first-order valence-electron chi connectivity index (χ1n) is 7.99. The average molecular weight is 276 g/mol. The summed E-state index contributed by atoms with van der Waals surface area (Å²) in [5, 5.41) is 3.50. The van der Waals surface area contributed by atoms with Crippen molar-refractivity contribution in [3.8, 4) is 5.75 Å². The van der Waals surface area contributed by atoms with Gasteiger partial charge in [0.1, 0.15) is 5.75 Å². The van der Waals surface area contributed by atoms with E-state index in [2.05, 4.69) is 23.4 Å². The molecule has 1 aromatic rings. The van der Waals surface area contributed by atoms with Gasteiger partial charge in [-0.15, -0.1) is 0 Å². The first-order valence-corrected chi connectivity index (χ1v) is 7.99. The number of hydrogen-bond donors (Lipinski definition) is 1. The van der Waals surface area contributed by atoms with E-state index in [1.54, 1.807) is 0 Å². The predicted molar refractivity (Wildman–Crippen MR) is 83.0 cm³/mol. The van der Waals surface area contributed by atoms with E-state index in [1.165, 1.54) is 44.1 Å². The number of hydrogen-bond acceptors (Lipinski definition) is 3. The van der Waals surface area contributed by atoms with Gasteiger partial charge in [-0.3, -0.25) is 4.98 Å². The van der Waals surface area contributed by atoms with Crippen molar-refractivity contribution in [2.45, 2.75) is 64.5 Å². The minimum absolute atomic E-state index is 0.193. The van der Waals surface area contributed by atoms with Crippen LogP contribution in [0, 0.1) is 5.92 Å². The lowest BCUT2D eigenvalue weighted by molar-refractivity contribution is 0.240. The van der Waals surface area contributed by atoms with E-state index in [1.807, 2.05) is 26.2 Å². The van der Waals surface area contributed by atoms with Gasteiger partial charge in [-0.05, 0) is 51.3 Å². The second kappa shape index (κ2) is 7.63. The van der Waals surface area contributed by atoms with Gasteiger partial charge in [-0.1, -0.05) is 25.7 Å². The number of aromatic nitrogens is 1. The minimum atomic E-state index is 0.193. The molecule has 1 fully saturated rings. The van der Waals surface area contributed by atoms with Crippen LogP contribution in [0.5, 0.6) is 5.75 Å². The van der Waals surface area contributed by atoms with Gasteiger partial charge in [0, 0.05) is 12.2 Å². The fourth-order valence-electron chi connectivity index (χ4n) is 3.26. The maximum absolute atomic E-state index is 5.77. The molecule has 1 aromatic heterocycles. The molecule has 0 amide bonds. The smallest absolute Gasteiger partial charge is 0.138 e. The molecule has 0 aliphatic heterocycles. The molecule has 2 rings (SSSR count). The van der Waals surface area contributed by atoms with Crippen molar-refractivity contribution in [3.63, 3.8) is 0 Å². The summed E-state index contributed by atoms with van der Waals surface area (Å²) < 4.78 is 5.77. The highest BCUT2D eigenvalue weighted by atomic mass is 16.5. The van der Waals surface area contributed by atoms with Crippen LogP contribution < -0.4 is 10.1 Å². The fourth-order valence-corrected chi connectivity index (χ4v) is 3.26. The Hall–Kier alpha value is -1.09. The van der Waals surface area contributed by atoms with Crippen molar-refractivity contribution in [3.05, 3.63) is 24.0 Å². The second-order valence-corrected chi connectivity index (χ2v) is 6.14. The van der Waals surface area contributed by atoms with E-state index >= 15 is 0 Å². The molecule has 0 saturated heterocycles. The summed E-state index contributed by atoms with van der Waals surface area (Å²) in [5.41, 5.74) is 1.26. The van der Waals surface area contributed by atoms with Crippen LogP contribution in [0.1, 0.15) is 64.0 Å². The topological polar surface area (TPSA) is 34.2 Å². The molecule has 1 atom stereocenters. The molecular weight excluding hydrogens is 248 g/mol. The Morgan fingerprint density at radius 1 is 1.15 bits per heavy atom. The maximum atomic E-state index is 5.77. The van der Waals surface area contributed by atoms with E-state index in [9.17, 15) is 0 Å². The summed E-state index contributed by atoms with van der Waals surface area (Å²) in [7, 11) is 2.06. The van der Waals surface area contributed by atoms with Crippen LogP contribution in [0.15, 0.2) is 18.5 Å². The molecule has 0 spiro atoms. The molecule has 1 heterocycles. The van der Waals surface area contributed by atoms with E-state index in [0.717, 1.165) is 11.7 Å². The number of pyridine rings is 1. The van der Waals surface area contributed by atoms with E-state index < -0.39 is 0 Å². The van der Waals surface area contributed by atoms with Gasteiger partial charge < -0.3 is 10.1 Å². The van der Waals surface area contributed by atoms with Crippen LogP contribution in [-0.4, -0.2) is 18.1 Å². The van der Waals surface area contributed by atoms with Crippen molar-refractivity contribution in [2.75, 3.05) is 7.05 Å². The number of nitrogens with zero attached hydrogens (tertiary/aromatic N) is 1. The van der Waals surface area contributed by atoms with Crippen molar-refractivity contribution < 1.29 is 4.74 Å². The van der Waals surface area contributed by atoms with Crippen molar-refractivity contribution in [1.82, 2.24) is 10.3 Å². The Morgan fingerprint density at radius 2 is 1.85 bits per heavy atom. The number of nitrogens with one attached hydrogen (secondary N) is 1. The van der Waals surface area contributed by atoms with Crippen molar-refractivity contribution >= 4 is 0 Å². The molecule has 1 aliphatic rings. The third kappa shape index (κ3) is 4.20. The van der Waals surface area contributed by atoms with Gasteiger partial charge in [0.2, 0.25) is 0 Å². The lowest BCUT2D eigenvalue weighted by Crippen LogP contribution is -2.25. The summed E-state index contributed by atoms with van der Waals surface area (Å²) in [5.74, 6) is 1.60. The Balaban J connectivity index is 2.13. The number of rotatable bonds is 5. The van der Waals surface area contributed by atoms with Gasteiger partial charge in [0.05, 0.1) is 12.3 Å². The molecule has 3 nitrogen and oxygen atoms in total. The zero-order valence-corrected chi connectivity index (χ0v) is 13.1. The van der Waals surface area contributed by atoms with Gasteiger partial charge in [-0.25, -0.2) is 0 Å². The van der Waals surface area contributed by atoms with E-state index in [0.29, 0.717) is 6.04 Å². The van der Waals surface area contributed by atoms with E-state index in [4.69, 9.17) is 4.74 Å². The molecule has 1 N–H and O–H groups in total. The van der Waals surface area contributed by atoms with Crippen LogP contribution in [0.25, 0.3) is 0 Å². The maximum Gasteiger partial charge on any atom is 0.138 e. The highest BCUT2D eigenvalue weighted by molar-refractivity contribution is 5.26. The van der Waals surface area contributed by atoms with Crippen LogP contribution in [0.3, 0.4) is 0 Å². The third-order valence-electron chi connectivity index (χ3n) is 4.15. The zero-order chi connectivity index (χ0) is 14.4. The highest BCUT2D eigenvalue weighted by Crippen LogP contribution is 2.34. The van der Waals surface area contributed by atoms with Gasteiger partial charge in [-0.2, -0.15) is 0 Å². The molecule has 0 radical (unpaired) electrons. The molecular formula is C17H28N2O. The van der Waals surface area contributed by atoms with Gasteiger partial charge >= 0.3 is 0 Å². The van der Waals surface area contributed by atoms with Crippen molar-refractivity contribution in [2.24, 2.45) is 5.92 Å². The molecule has 112 valence electrons. The SMILES string of the molecule is CNC(c1cncc(OC(C)C)c1)C1CCCCCC1. The second-order valence-electron chi connectivity index (χ2n) is 6.14. The normalized spacial score (nSPS) is 18.8. The summed E-state index contributed by atoms with van der Waals surface area (Å²) >= 11 is 0. The molecule has 0 bridgehead atoms. The van der Waals surface area contributed by atoms with Crippen LogP contribution in [0.4, 0.5) is 0 Å². The average Bonchev–Trinajstić information content (AvgIpc) is 2.68. The Kier molecular flexibility index (Phi) is 5.84. The van der Waals surface area contributed by atoms with Crippen molar-refractivity contribution in [1.29, 1.82) is 0 Å². The molecule has 1 saturated carbocycles. The molecule has 3 heteroatoms. The molecule has 1 aliphatic carbocycles. The summed E-state index contributed by atoms with van der Waals surface area (Å²) in [6.07, 6.45) is 12.1. The first-order chi connectivity index (χ1) is 9.70. The monoisotopic (exact) mass is 276 g/mol. The summed E-state index contributed by atoms with van der Waals surface area (Å²) in [6.45, 7) is 4.10. The zero-order valence-electron chi connectivity index (χ0n) is 13.1. The highest BCUT2D eigenvalue weighted by Gasteiger charge is 2.23. The van der Waals surface area contributed by atoms with Crippen LogP contribution >= 0.6 is 0 Å². The molecule has 1 unspecified atom stereocenters. The Bertz CT molecular complexity index is 398. The minimum Gasteiger partial charge on any atom is -0.489 e. The molecule has 0 aromatic carbocycles. The third-order valence-corrected chi connectivity index (χ3v) is 4.15. The first kappa shape index (κ1) is 15.3. The van der Waals surface area contributed by atoms with Crippen LogP contribution in [-0.2, 0) is 0 Å².